The van der Waals surface area contributed by atoms with Gasteiger partial charge in [0.1, 0.15) is 11.5 Å². The van der Waals surface area contributed by atoms with Crippen LogP contribution in [0.4, 0.5) is 11.4 Å². The van der Waals surface area contributed by atoms with E-state index in [1.54, 1.807) is 4.90 Å². The number of rotatable bonds is 7. The van der Waals surface area contributed by atoms with Gasteiger partial charge in [-0.1, -0.05) is 37.0 Å². The third-order valence-corrected chi connectivity index (χ3v) is 5.96. The summed E-state index contributed by atoms with van der Waals surface area (Å²) >= 11 is 0. The molecule has 0 spiro atoms. The smallest absolute Gasteiger partial charge is 0.265 e. The standard InChI is InChI=1S/C25H30N2O4/c1-18-8-11-21(12-9-18)30-15-5-14-27-22-13-10-20(16-23(22)31-17-24(27)28)26-25(29)19-6-3-2-4-7-19/h8-13,16,19H,2-7,14-15,17H2,1H3,(H,26,29). The zero-order valence-electron chi connectivity index (χ0n) is 18.1. The summed E-state index contributed by atoms with van der Waals surface area (Å²) in [6.45, 7) is 3.12. The Hall–Kier alpha value is -3.02. The molecule has 2 aromatic carbocycles. The first-order valence-corrected chi connectivity index (χ1v) is 11.2. The van der Waals surface area contributed by atoms with Crippen LogP contribution in [-0.2, 0) is 9.59 Å². The lowest BCUT2D eigenvalue weighted by atomic mass is 9.88. The van der Waals surface area contributed by atoms with Gasteiger partial charge in [-0.15, -0.1) is 0 Å². The minimum Gasteiger partial charge on any atom is -0.494 e. The van der Waals surface area contributed by atoms with Gasteiger partial charge in [0, 0.05) is 24.2 Å². The van der Waals surface area contributed by atoms with Crippen LogP contribution in [0.5, 0.6) is 11.5 Å². The number of fused-ring (bicyclic) bond motifs is 1. The van der Waals surface area contributed by atoms with Gasteiger partial charge in [-0.3, -0.25) is 9.59 Å². The molecule has 6 heteroatoms. The second kappa shape index (κ2) is 9.86. The molecule has 31 heavy (non-hydrogen) atoms. The van der Waals surface area contributed by atoms with E-state index in [0.717, 1.165) is 37.1 Å². The fourth-order valence-corrected chi connectivity index (χ4v) is 4.18. The van der Waals surface area contributed by atoms with Gasteiger partial charge < -0.3 is 19.7 Å². The minimum absolute atomic E-state index is 0.00580. The number of amides is 2. The quantitative estimate of drug-likeness (QED) is 0.656. The molecule has 0 atom stereocenters. The Morgan fingerprint density at radius 2 is 1.90 bits per heavy atom. The molecular weight excluding hydrogens is 392 g/mol. The minimum atomic E-state index is -0.0678. The van der Waals surface area contributed by atoms with Crippen molar-refractivity contribution >= 4 is 23.2 Å². The number of carbonyl (C=O) groups is 2. The second-order valence-corrected chi connectivity index (χ2v) is 8.36. The van der Waals surface area contributed by atoms with E-state index in [1.807, 2.05) is 49.4 Å². The SMILES string of the molecule is Cc1ccc(OCCCN2C(=O)COc3cc(NC(=O)C4CCCCC4)ccc32)cc1. The lowest BCUT2D eigenvalue weighted by molar-refractivity contribution is -0.121. The van der Waals surface area contributed by atoms with E-state index in [-0.39, 0.29) is 24.3 Å². The molecule has 0 aromatic heterocycles. The fourth-order valence-electron chi connectivity index (χ4n) is 4.18. The van der Waals surface area contributed by atoms with Gasteiger partial charge in [0.2, 0.25) is 5.91 Å². The zero-order chi connectivity index (χ0) is 21.6. The lowest BCUT2D eigenvalue weighted by Gasteiger charge is -2.30. The highest BCUT2D eigenvalue weighted by Crippen LogP contribution is 2.35. The molecule has 1 N–H and O–H groups in total. The number of anilines is 2. The summed E-state index contributed by atoms with van der Waals surface area (Å²) in [5, 5.41) is 3.02. The van der Waals surface area contributed by atoms with Crippen molar-refractivity contribution in [1.82, 2.24) is 0 Å². The van der Waals surface area contributed by atoms with E-state index < -0.39 is 0 Å². The molecule has 6 nitrogen and oxygen atoms in total. The maximum absolute atomic E-state index is 12.5. The Morgan fingerprint density at radius 3 is 2.68 bits per heavy atom. The van der Waals surface area contributed by atoms with Crippen molar-refractivity contribution in [3.63, 3.8) is 0 Å². The summed E-state index contributed by atoms with van der Waals surface area (Å²) < 4.78 is 11.4. The highest BCUT2D eigenvalue weighted by Gasteiger charge is 2.26. The van der Waals surface area contributed by atoms with E-state index in [9.17, 15) is 9.59 Å². The van der Waals surface area contributed by atoms with Gasteiger partial charge in [-0.05, 0) is 50.5 Å². The Kier molecular flexibility index (Phi) is 6.75. The molecule has 2 amide bonds. The molecule has 0 radical (unpaired) electrons. The average molecular weight is 423 g/mol. The van der Waals surface area contributed by atoms with Crippen LogP contribution >= 0.6 is 0 Å². The van der Waals surface area contributed by atoms with Crippen LogP contribution < -0.4 is 19.7 Å². The summed E-state index contributed by atoms with van der Waals surface area (Å²) in [5.74, 6) is 1.56. The van der Waals surface area contributed by atoms with E-state index in [2.05, 4.69) is 5.32 Å². The van der Waals surface area contributed by atoms with Gasteiger partial charge in [0.15, 0.2) is 6.61 Å². The van der Waals surface area contributed by atoms with Crippen molar-refractivity contribution in [1.29, 1.82) is 0 Å². The van der Waals surface area contributed by atoms with Gasteiger partial charge in [-0.25, -0.2) is 0 Å². The van der Waals surface area contributed by atoms with Crippen LogP contribution in [0.25, 0.3) is 0 Å². The molecule has 4 rings (SSSR count). The summed E-state index contributed by atoms with van der Waals surface area (Å²) in [7, 11) is 0. The summed E-state index contributed by atoms with van der Waals surface area (Å²) in [4.78, 5) is 26.7. The maximum atomic E-state index is 12.5. The van der Waals surface area contributed by atoms with E-state index in [4.69, 9.17) is 9.47 Å². The third-order valence-electron chi connectivity index (χ3n) is 5.96. The van der Waals surface area contributed by atoms with Crippen molar-refractivity contribution in [2.75, 3.05) is 30.0 Å². The molecule has 0 bridgehead atoms. The molecule has 1 heterocycles. The molecule has 2 aromatic rings. The van der Waals surface area contributed by atoms with Gasteiger partial charge in [-0.2, -0.15) is 0 Å². The monoisotopic (exact) mass is 422 g/mol. The first kappa shape index (κ1) is 21.2. The van der Waals surface area contributed by atoms with Crippen LogP contribution in [0.1, 0.15) is 44.1 Å². The summed E-state index contributed by atoms with van der Waals surface area (Å²) in [6, 6.07) is 13.4. The molecular formula is C25H30N2O4. The van der Waals surface area contributed by atoms with Crippen LogP contribution in [-0.4, -0.2) is 31.6 Å². The predicted octanol–water partition coefficient (Wildman–Crippen LogP) is 4.71. The molecule has 0 unspecified atom stereocenters. The van der Waals surface area contributed by atoms with Gasteiger partial charge >= 0.3 is 0 Å². The molecule has 0 saturated heterocycles. The summed E-state index contributed by atoms with van der Waals surface area (Å²) in [5.41, 5.74) is 2.64. The van der Waals surface area contributed by atoms with Crippen molar-refractivity contribution in [2.45, 2.75) is 45.4 Å². The number of ether oxygens (including phenoxy) is 2. The van der Waals surface area contributed by atoms with Crippen LogP contribution in [0.15, 0.2) is 42.5 Å². The maximum Gasteiger partial charge on any atom is 0.265 e. The highest BCUT2D eigenvalue weighted by atomic mass is 16.5. The van der Waals surface area contributed by atoms with Crippen LogP contribution in [0, 0.1) is 12.8 Å². The largest absolute Gasteiger partial charge is 0.494 e. The molecule has 164 valence electrons. The van der Waals surface area contributed by atoms with E-state index in [0.29, 0.717) is 31.0 Å². The molecule has 2 aliphatic rings. The first-order valence-electron chi connectivity index (χ1n) is 11.2. The molecule has 1 aliphatic carbocycles. The predicted molar refractivity (Wildman–Crippen MR) is 121 cm³/mol. The average Bonchev–Trinajstić information content (AvgIpc) is 2.79. The number of benzene rings is 2. The van der Waals surface area contributed by atoms with E-state index >= 15 is 0 Å². The van der Waals surface area contributed by atoms with Crippen molar-refractivity contribution < 1.29 is 19.1 Å². The highest BCUT2D eigenvalue weighted by molar-refractivity contribution is 5.99. The molecule has 1 aliphatic heterocycles. The Balaban J connectivity index is 1.34. The first-order chi connectivity index (χ1) is 15.1. The van der Waals surface area contributed by atoms with Crippen molar-refractivity contribution in [3.8, 4) is 11.5 Å². The third kappa shape index (κ3) is 5.37. The lowest BCUT2D eigenvalue weighted by Crippen LogP contribution is -2.39. The van der Waals surface area contributed by atoms with E-state index in [1.165, 1.54) is 12.0 Å². The number of hydrogen-bond donors (Lipinski definition) is 1. The van der Waals surface area contributed by atoms with Crippen LogP contribution in [0.3, 0.4) is 0 Å². The van der Waals surface area contributed by atoms with Gasteiger partial charge in [0.05, 0.1) is 12.3 Å². The Bertz CT molecular complexity index is 920. The number of hydrogen-bond acceptors (Lipinski definition) is 4. The summed E-state index contributed by atoms with van der Waals surface area (Å²) in [6.07, 6.45) is 6.09. The van der Waals surface area contributed by atoms with Crippen molar-refractivity contribution in [2.24, 2.45) is 5.92 Å². The van der Waals surface area contributed by atoms with Crippen molar-refractivity contribution in [3.05, 3.63) is 48.0 Å². The number of aryl methyl sites for hydroxylation is 1. The Morgan fingerprint density at radius 1 is 1.13 bits per heavy atom. The number of nitrogens with one attached hydrogen (secondary N) is 1. The topological polar surface area (TPSA) is 67.9 Å². The second-order valence-electron chi connectivity index (χ2n) is 8.36. The normalized spacial score (nSPS) is 16.4. The molecule has 1 fully saturated rings. The molecule has 1 saturated carbocycles. The Labute approximate surface area is 183 Å². The fraction of sp³-hybridized carbons (Fsp3) is 0.440. The van der Waals surface area contributed by atoms with Crippen LogP contribution in [0.2, 0.25) is 0 Å². The number of carbonyl (C=O) groups excluding carboxylic acids is 2. The number of nitrogens with zero attached hydrogens (tertiary/aromatic N) is 1. The zero-order valence-corrected chi connectivity index (χ0v) is 18.1. The van der Waals surface area contributed by atoms with Gasteiger partial charge in [0.25, 0.3) is 5.91 Å².